The van der Waals surface area contributed by atoms with Crippen molar-refractivity contribution in [3.05, 3.63) is 29.8 Å². The topological polar surface area (TPSA) is 26.3 Å². The Morgan fingerprint density at radius 1 is 1.24 bits per heavy atom. The molecule has 0 heterocycles. The molecule has 0 fully saturated rings. The summed E-state index contributed by atoms with van der Waals surface area (Å²) in [5, 5.41) is 0. The predicted octanol–water partition coefficient (Wildman–Crippen LogP) is 4.12. The Morgan fingerprint density at radius 3 is 2.59 bits per heavy atom. The lowest BCUT2D eigenvalue weighted by atomic mass is 10.1. The summed E-state index contributed by atoms with van der Waals surface area (Å²) in [5.41, 5.74) is 1.00. The SMILES string of the molecule is Cc1ccccc1OC(=O)CCCCC(C)C. The van der Waals surface area contributed by atoms with E-state index in [-0.39, 0.29) is 5.97 Å². The molecule has 0 unspecified atom stereocenters. The molecule has 1 aromatic carbocycles. The lowest BCUT2D eigenvalue weighted by Crippen LogP contribution is -2.08. The Hall–Kier alpha value is -1.31. The van der Waals surface area contributed by atoms with Crippen LogP contribution in [0.3, 0.4) is 0 Å². The van der Waals surface area contributed by atoms with Crippen molar-refractivity contribution in [2.75, 3.05) is 0 Å². The second-order valence-corrected chi connectivity index (χ2v) is 4.88. The second kappa shape index (κ2) is 7.10. The number of ether oxygens (including phenoxy) is 1. The minimum atomic E-state index is -0.122. The molecule has 0 N–H and O–H groups in total. The van der Waals surface area contributed by atoms with Crippen LogP contribution in [0.4, 0.5) is 0 Å². The third-order valence-corrected chi connectivity index (χ3v) is 2.73. The first-order chi connectivity index (χ1) is 8.09. The van der Waals surface area contributed by atoms with Gasteiger partial charge in [0.2, 0.25) is 0 Å². The van der Waals surface area contributed by atoms with Crippen molar-refractivity contribution >= 4 is 5.97 Å². The molecule has 0 aliphatic rings. The largest absolute Gasteiger partial charge is 0.426 e. The average molecular weight is 234 g/mol. The lowest BCUT2D eigenvalue weighted by molar-refractivity contribution is -0.134. The van der Waals surface area contributed by atoms with Crippen molar-refractivity contribution in [3.8, 4) is 5.75 Å². The van der Waals surface area contributed by atoms with Gasteiger partial charge in [0.15, 0.2) is 0 Å². The Kier molecular flexibility index (Phi) is 5.75. The van der Waals surface area contributed by atoms with E-state index < -0.39 is 0 Å². The fraction of sp³-hybridized carbons (Fsp3) is 0.533. The van der Waals surface area contributed by atoms with Crippen LogP contribution < -0.4 is 4.74 Å². The molecule has 94 valence electrons. The van der Waals surface area contributed by atoms with E-state index in [1.165, 1.54) is 6.42 Å². The lowest BCUT2D eigenvalue weighted by Gasteiger charge is -2.07. The number of carbonyl (C=O) groups excluding carboxylic acids is 1. The number of hydrogen-bond donors (Lipinski definition) is 0. The van der Waals surface area contributed by atoms with Crippen LogP contribution in [0.15, 0.2) is 24.3 Å². The van der Waals surface area contributed by atoms with Gasteiger partial charge in [0.25, 0.3) is 0 Å². The van der Waals surface area contributed by atoms with Crippen molar-refractivity contribution in [1.29, 1.82) is 0 Å². The zero-order chi connectivity index (χ0) is 12.7. The Labute approximate surface area is 104 Å². The van der Waals surface area contributed by atoms with E-state index in [0.717, 1.165) is 18.4 Å². The first-order valence-corrected chi connectivity index (χ1v) is 6.36. The highest BCUT2D eigenvalue weighted by Gasteiger charge is 2.06. The van der Waals surface area contributed by atoms with Gasteiger partial charge in [0, 0.05) is 6.42 Å². The zero-order valence-corrected chi connectivity index (χ0v) is 11.0. The first-order valence-electron chi connectivity index (χ1n) is 6.36. The van der Waals surface area contributed by atoms with Crippen LogP contribution in [0.2, 0.25) is 0 Å². The smallest absolute Gasteiger partial charge is 0.311 e. The van der Waals surface area contributed by atoms with Crippen molar-refractivity contribution in [2.45, 2.75) is 46.5 Å². The van der Waals surface area contributed by atoms with E-state index in [2.05, 4.69) is 13.8 Å². The number of benzene rings is 1. The summed E-state index contributed by atoms with van der Waals surface area (Å²) < 4.78 is 5.31. The molecule has 0 radical (unpaired) electrons. The van der Waals surface area contributed by atoms with E-state index in [1.54, 1.807) is 0 Å². The van der Waals surface area contributed by atoms with E-state index in [1.807, 2.05) is 31.2 Å². The third kappa shape index (κ3) is 5.53. The molecule has 0 atom stereocenters. The minimum Gasteiger partial charge on any atom is -0.426 e. The number of esters is 1. The fourth-order valence-electron chi connectivity index (χ4n) is 1.67. The molecule has 0 bridgehead atoms. The Bertz CT molecular complexity index is 356. The molecule has 17 heavy (non-hydrogen) atoms. The molecule has 0 aliphatic carbocycles. The van der Waals surface area contributed by atoms with Gasteiger partial charge in [-0.3, -0.25) is 4.79 Å². The molecule has 2 nitrogen and oxygen atoms in total. The number of rotatable bonds is 6. The minimum absolute atomic E-state index is 0.122. The number of para-hydroxylation sites is 1. The molecular formula is C15H22O2. The van der Waals surface area contributed by atoms with Gasteiger partial charge in [0.1, 0.15) is 5.75 Å². The number of hydrogen-bond acceptors (Lipinski definition) is 2. The Morgan fingerprint density at radius 2 is 1.94 bits per heavy atom. The van der Waals surface area contributed by atoms with Gasteiger partial charge in [-0.2, -0.15) is 0 Å². The van der Waals surface area contributed by atoms with E-state index >= 15 is 0 Å². The average Bonchev–Trinajstić information content (AvgIpc) is 2.27. The zero-order valence-electron chi connectivity index (χ0n) is 11.0. The summed E-state index contributed by atoms with van der Waals surface area (Å²) in [5.74, 6) is 1.27. The number of unbranched alkanes of at least 4 members (excludes halogenated alkanes) is 1. The second-order valence-electron chi connectivity index (χ2n) is 4.88. The van der Waals surface area contributed by atoms with Crippen molar-refractivity contribution in [1.82, 2.24) is 0 Å². The summed E-state index contributed by atoms with van der Waals surface area (Å²) >= 11 is 0. The molecule has 0 aliphatic heterocycles. The van der Waals surface area contributed by atoms with Crippen molar-refractivity contribution in [2.24, 2.45) is 5.92 Å². The monoisotopic (exact) mass is 234 g/mol. The summed E-state index contributed by atoms with van der Waals surface area (Å²) in [7, 11) is 0. The number of carbonyl (C=O) groups is 1. The molecule has 0 aromatic heterocycles. The predicted molar refractivity (Wildman–Crippen MR) is 70.1 cm³/mol. The standard InChI is InChI=1S/C15H22O2/c1-12(2)8-4-7-11-15(16)17-14-10-6-5-9-13(14)3/h5-6,9-10,12H,4,7-8,11H2,1-3H3. The summed E-state index contributed by atoms with van der Waals surface area (Å²) in [6.07, 6.45) is 3.71. The summed E-state index contributed by atoms with van der Waals surface area (Å²) in [6, 6.07) is 7.60. The van der Waals surface area contributed by atoms with E-state index in [9.17, 15) is 4.79 Å². The number of aryl methyl sites for hydroxylation is 1. The highest BCUT2D eigenvalue weighted by Crippen LogP contribution is 2.17. The highest BCUT2D eigenvalue weighted by molar-refractivity contribution is 5.72. The van der Waals surface area contributed by atoms with Crippen LogP contribution in [0.1, 0.15) is 45.1 Å². The van der Waals surface area contributed by atoms with Crippen molar-refractivity contribution in [3.63, 3.8) is 0 Å². The molecule has 0 amide bonds. The molecule has 1 aromatic rings. The molecule has 2 heteroatoms. The van der Waals surface area contributed by atoms with Gasteiger partial charge in [0.05, 0.1) is 0 Å². The van der Waals surface area contributed by atoms with Crippen LogP contribution in [-0.4, -0.2) is 5.97 Å². The van der Waals surface area contributed by atoms with Gasteiger partial charge >= 0.3 is 5.97 Å². The van der Waals surface area contributed by atoms with Gasteiger partial charge < -0.3 is 4.74 Å². The van der Waals surface area contributed by atoms with Crippen LogP contribution in [-0.2, 0) is 4.79 Å². The molecule has 1 rings (SSSR count). The summed E-state index contributed by atoms with van der Waals surface area (Å²) in [6.45, 7) is 6.35. The maximum absolute atomic E-state index is 11.6. The van der Waals surface area contributed by atoms with Crippen LogP contribution in [0.5, 0.6) is 5.75 Å². The van der Waals surface area contributed by atoms with Crippen LogP contribution in [0, 0.1) is 12.8 Å². The maximum atomic E-state index is 11.6. The third-order valence-electron chi connectivity index (χ3n) is 2.73. The van der Waals surface area contributed by atoms with Gasteiger partial charge in [-0.25, -0.2) is 0 Å². The fourth-order valence-corrected chi connectivity index (χ4v) is 1.67. The van der Waals surface area contributed by atoms with Crippen LogP contribution >= 0.6 is 0 Å². The van der Waals surface area contributed by atoms with E-state index in [4.69, 9.17) is 4.74 Å². The van der Waals surface area contributed by atoms with Gasteiger partial charge in [-0.15, -0.1) is 0 Å². The van der Waals surface area contributed by atoms with Crippen molar-refractivity contribution < 1.29 is 9.53 Å². The normalized spacial score (nSPS) is 10.6. The molecular weight excluding hydrogens is 212 g/mol. The Balaban J connectivity index is 2.28. The van der Waals surface area contributed by atoms with Crippen LogP contribution in [0.25, 0.3) is 0 Å². The molecule has 0 saturated carbocycles. The molecule has 0 spiro atoms. The summed E-state index contributed by atoms with van der Waals surface area (Å²) in [4.78, 5) is 11.6. The molecule has 0 saturated heterocycles. The maximum Gasteiger partial charge on any atom is 0.311 e. The quantitative estimate of drug-likeness (QED) is 0.420. The van der Waals surface area contributed by atoms with Gasteiger partial charge in [-0.1, -0.05) is 44.9 Å². The highest BCUT2D eigenvalue weighted by atomic mass is 16.5. The van der Waals surface area contributed by atoms with E-state index in [0.29, 0.717) is 18.1 Å². The first kappa shape index (κ1) is 13.8. The van der Waals surface area contributed by atoms with Gasteiger partial charge in [-0.05, 0) is 30.9 Å².